The van der Waals surface area contributed by atoms with Crippen LogP contribution in [0.5, 0.6) is 0 Å². The van der Waals surface area contributed by atoms with Crippen molar-refractivity contribution in [2.75, 3.05) is 19.8 Å². The molecule has 0 bridgehead atoms. The van der Waals surface area contributed by atoms with Crippen LogP contribution in [0.3, 0.4) is 0 Å². The largest absolute Gasteiger partial charge is 0.374 e. The van der Waals surface area contributed by atoms with Crippen LogP contribution in [-0.4, -0.2) is 48.3 Å². The maximum Gasteiger partial charge on any atom is 0.249 e. The van der Waals surface area contributed by atoms with Crippen molar-refractivity contribution in [1.82, 2.24) is 4.90 Å². The van der Waals surface area contributed by atoms with Gasteiger partial charge in [0.15, 0.2) is 0 Å². The second-order valence-electron chi connectivity index (χ2n) is 6.25. The van der Waals surface area contributed by atoms with Gasteiger partial charge in [-0.25, -0.2) is 0 Å². The van der Waals surface area contributed by atoms with Crippen LogP contribution in [0.15, 0.2) is 0 Å². The monoisotopic (exact) mass is 255 g/mol. The maximum absolute atomic E-state index is 12.2. The van der Waals surface area contributed by atoms with Gasteiger partial charge in [0.2, 0.25) is 5.91 Å². The molecule has 1 aliphatic heterocycles. The van der Waals surface area contributed by atoms with E-state index in [1.165, 1.54) is 12.8 Å². The first-order valence-corrected chi connectivity index (χ1v) is 7.02. The molecule has 2 fully saturated rings. The van der Waals surface area contributed by atoms with Gasteiger partial charge in [-0.1, -0.05) is 12.8 Å². The quantitative estimate of drug-likeness (QED) is 0.757. The van der Waals surface area contributed by atoms with E-state index in [2.05, 4.69) is 0 Å². The lowest BCUT2D eigenvalue weighted by Gasteiger charge is -2.44. The Kier molecular flexibility index (Phi) is 4.28. The molecule has 4 nitrogen and oxygen atoms in total. The third-order valence-electron chi connectivity index (χ3n) is 3.68. The van der Waals surface area contributed by atoms with E-state index in [0.717, 1.165) is 12.8 Å². The molecule has 0 spiro atoms. The Morgan fingerprint density at radius 2 is 2.06 bits per heavy atom. The molecule has 18 heavy (non-hydrogen) atoms. The number of hydrogen-bond donors (Lipinski definition) is 0. The zero-order valence-corrected chi connectivity index (χ0v) is 11.8. The van der Waals surface area contributed by atoms with Crippen LogP contribution in [0.25, 0.3) is 0 Å². The Hall–Kier alpha value is -0.610. The van der Waals surface area contributed by atoms with E-state index in [1.54, 1.807) is 0 Å². The van der Waals surface area contributed by atoms with Gasteiger partial charge in [0.25, 0.3) is 0 Å². The highest BCUT2D eigenvalue weighted by atomic mass is 16.5. The first-order valence-electron chi connectivity index (χ1n) is 7.02. The lowest BCUT2D eigenvalue weighted by molar-refractivity contribution is -0.158. The smallest absolute Gasteiger partial charge is 0.249 e. The van der Waals surface area contributed by atoms with Gasteiger partial charge >= 0.3 is 0 Å². The molecule has 104 valence electrons. The summed E-state index contributed by atoms with van der Waals surface area (Å²) in [5, 5.41) is 0. The molecule has 2 aliphatic rings. The predicted octanol–water partition coefficient (Wildman–Crippen LogP) is 1.97. The molecule has 1 aliphatic carbocycles. The van der Waals surface area contributed by atoms with Crippen LogP contribution >= 0.6 is 0 Å². The molecule has 2 rings (SSSR count). The highest BCUT2D eigenvalue weighted by molar-refractivity contribution is 5.78. The third kappa shape index (κ3) is 3.45. The fraction of sp³-hybridized carbons (Fsp3) is 0.929. The Morgan fingerprint density at radius 1 is 1.33 bits per heavy atom. The van der Waals surface area contributed by atoms with E-state index in [4.69, 9.17) is 9.47 Å². The fourth-order valence-corrected chi connectivity index (χ4v) is 2.77. The molecule has 2 atom stereocenters. The number of fused-ring (bicyclic) bond motifs is 1. The summed E-state index contributed by atoms with van der Waals surface area (Å²) >= 11 is 0. The molecule has 0 radical (unpaired) electrons. The second kappa shape index (κ2) is 5.57. The number of ether oxygens (including phenoxy) is 2. The molecular formula is C14H25NO3. The Labute approximate surface area is 110 Å². The lowest BCUT2D eigenvalue weighted by atomic mass is 9.90. The summed E-state index contributed by atoms with van der Waals surface area (Å²) in [5.41, 5.74) is -0.256. The SMILES string of the molecule is CC(C)(C)OCC(=O)N1CCOC2CCCCC21. The molecule has 0 N–H and O–H groups in total. The molecule has 1 amide bonds. The minimum absolute atomic E-state index is 0.116. The summed E-state index contributed by atoms with van der Waals surface area (Å²) in [6.07, 6.45) is 4.85. The minimum atomic E-state index is -0.256. The molecule has 2 unspecified atom stereocenters. The average Bonchev–Trinajstić information content (AvgIpc) is 2.34. The zero-order valence-electron chi connectivity index (χ0n) is 11.8. The van der Waals surface area contributed by atoms with Crippen LogP contribution in [0.2, 0.25) is 0 Å². The van der Waals surface area contributed by atoms with Gasteiger partial charge < -0.3 is 14.4 Å². The van der Waals surface area contributed by atoms with Gasteiger partial charge in [0, 0.05) is 6.54 Å². The normalized spacial score (nSPS) is 28.9. The van der Waals surface area contributed by atoms with Crippen LogP contribution in [0, 0.1) is 0 Å². The molecule has 1 heterocycles. The highest BCUT2D eigenvalue weighted by Crippen LogP contribution is 2.28. The van der Waals surface area contributed by atoms with Crippen molar-refractivity contribution in [3.63, 3.8) is 0 Å². The number of carbonyl (C=O) groups excluding carboxylic acids is 1. The number of rotatable bonds is 2. The number of nitrogens with zero attached hydrogens (tertiary/aromatic N) is 1. The van der Waals surface area contributed by atoms with E-state index >= 15 is 0 Å². The number of carbonyl (C=O) groups is 1. The van der Waals surface area contributed by atoms with Crippen LogP contribution in [0.1, 0.15) is 46.5 Å². The van der Waals surface area contributed by atoms with E-state index in [0.29, 0.717) is 13.2 Å². The zero-order chi connectivity index (χ0) is 13.2. The standard InChI is InChI=1S/C14H25NO3/c1-14(2,3)18-10-13(16)15-8-9-17-12-7-5-4-6-11(12)15/h11-12H,4-10H2,1-3H3. The summed E-state index contributed by atoms with van der Waals surface area (Å²) in [4.78, 5) is 14.2. The molecule has 1 saturated heterocycles. The summed E-state index contributed by atoms with van der Waals surface area (Å²) in [5.74, 6) is 0.116. The topological polar surface area (TPSA) is 38.8 Å². The van der Waals surface area contributed by atoms with Crippen molar-refractivity contribution in [2.45, 2.75) is 64.2 Å². The second-order valence-corrected chi connectivity index (χ2v) is 6.25. The van der Waals surface area contributed by atoms with Crippen LogP contribution in [0.4, 0.5) is 0 Å². The van der Waals surface area contributed by atoms with Crippen molar-refractivity contribution in [2.24, 2.45) is 0 Å². The number of hydrogen-bond acceptors (Lipinski definition) is 3. The van der Waals surface area contributed by atoms with E-state index in [1.807, 2.05) is 25.7 Å². The van der Waals surface area contributed by atoms with Gasteiger partial charge in [0.05, 0.1) is 24.4 Å². The van der Waals surface area contributed by atoms with Gasteiger partial charge in [-0.2, -0.15) is 0 Å². The summed E-state index contributed by atoms with van der Waals surface area (Å²) in [6.45, 7) is 7.50. The van der Waals surface area contributed by atoms with Crippen molar-refractivity contribution in [1.29, 1.82) is 0 Å². The van der Waals surface area contributed by atoms with E-state index in [-0.39, 0.29) is 30.3 Å². The number of amides is 1. The fourth-order valence-electron chi connectivity index (χ4n) is 2.77. The first-order chi connectivity index (χ1) is 8.47. The van der Waals surface area contributed by atoms with Gasteiger partial charge in [-0.15, -0.1) is 0 Å². The van der Waals surface area contributed by atoms with Crippen molar-refractivity contribution < 1.29 is 14.3 Å². The van der Waals surface area contributed by atoms with Gasteiger partial charge in [-0.3, -0.25) is 4.79 Å². The Morgan fingerprint density at radius 3 is 2.78 bits per heavy atom. The summed E-state index contributed by atoms with van der Waals surface area (Å²) < 4.78 is 11.4. The van der Waals surface area contributed by atoms with Crippen LogP contribution in [-0.2, 0) is 14.3 Å². The van der Waals surface area contributed by atoms with Gasteiger partial charge in [-0.05, 0) is 33.6 Å². The maximum atomic E-state index is 12.2. The molecule has 0 aromatic heterocycles. The predicted molar refractivity (Wildman–Crippen MR) is 69.4 cm³/mol. The molecule has 0 aromatic carbocycles. The average molecular weight is 255 g/mol. The third-order valence-corrected chi connectivity index (χ3v) is 3.68. The van der Waals surface area contributed by atoms with Crippen LogP contribution < -0.4 is 0 Å². The van der Waals surface area contributed by atoms with Crippen molar-refractivity contribution in [3.8, 4) is 0 Å². The number of morpholine rings is 1. The molecule has 1 saturated carbocycles. The highest BCUT2D eigenvalue weighted by Gasteiger charge is 2.36. The molecule has 4 heteroatoms. The Balaban J connectivity index is 1.91. The lowest BCUT2D eigenvalue weighted by Crippen LogP contribution is -2.55. The first kappa shape index (κ1) is 13.8. The van der Waals surface area contributed by atoms with Crippen molar-refractivity contribution in [3.05, 3.63) is 0 Å². The molecule has 0 aromatic rings. The van der Waals surface area contributed by atoms with E-state index in [9.17, 15) is 4.79 Å². The summed E-state index contributed by atoms with van der Waals surface area (Å²) in [7, 11) is 0. The van der Waals surface area contributed by atoms with E-state index < -0.39 is 0 Å². The van der Waals surface area contributed by atoms with Gasteiger partial charge in [0.1, 0.15) is 6.61 Å². The summed E-state index contributed by atoms with van der Waals surface area (Å²) in [6, 6.07) is 0.281. The van der Waals surface area contributed by atoms with Crippen molar-refractivity contribution >= 4 is 5.91 Å². The minimum Gasteiger partial charge on any atom is -0.374 e. The Bertz CT molecular complexity index is 296. The molecular weight excluding hydrogens is 230 g/mol.